The standard InChI is InChI=1S/C17H26O5/c1-6-20-13(19)17-11(18)9-15(4,5)22-12(17)7-8-14(2,3)16(17)10-21-16/h12H,6-10H2,1-5H3/t12-,16?,17-/m1/s1. The van der Waals surface area contributed by atoms with Crippen LogP contribution in [0.25, 0.3) is 0 Å². The van der Waals surface area contributed by atoms with E-state index in [2.05, 4.69) is 13.8 Å². The van der Waals surface area contributed by atoms with Gasteiger partial charge < -0.3 is 14.2 Å². The fourth-order valence-corrected chi connectivity index (χ4v) is 4.55. The molecule has 0 aromatic rings. The SMILES string of the molecule is CCOC(=O)[C@@]12C(=O)CC(C)(C)O[C@@H]1CCC(C)(C)C21CO1. The van der Waals surface area contributed by atoms with Crippen molar-refractivity contribution in [1.82, 2.24) is 0 Å². The predicted molar refractivity (Wildman–Crippen MR) is 79.3 cm³/mol. The Morgan fingerprint density at radius 3 is 2.50 bits per heavy atom. The van der Waals surface area contributed by atoms with Gasteiger partial charge in [0.15, 0.2) is 11.2 Å². The highest BCUT2D eigenvalue weighted by Gasteiger charge is 2.81. The largest absolute Gasteiger partial charge is 0.465 e. The molecule has 3 aliphatic rings. The van der Waals surface area contributed by atoms with Crippen LogP contribution in [-0.2, 0) is 23.8 Å². The number of Topliss-reactive ketones (excluding diaryl/α,β-unsaturated/α-hetero) is 1. The average Bonchev–Trinajstić information content (AvgIpc) is 3.16. The van der Waals surface area contributed by atoms with E-state index in [1.54, 1.807) is 6.92 Å². The number of hydrogen-bond donors (Lipinski definition) is 0. The number of epoxide rings is 1. The molecule has 3 atom stereocenters. The van der Waals surface area contributed by atoms with E-state index in [1.807, 2.05) is 13.8 Å². The first-order valence-electron chi connectivity index (χ1n) is 8.15. The highest BCUT2D eigenvalue weighted by Crippen LogP contribution is 2.66. The Hall–Kier alpha value is -0.940. The van der Waals surface area contributed by atoms with Crippen LogP contribution in [0.2, 0.25) is 0 Å². The lowest BCUT2D eigenvalue weighted by Crippen LogP contribution is -2.71. The Kier molecular flexibility index (Phi) is 3.29. The summed E-state index contributed by atoms with van der Waals surface area (Å²) in [5.41, 5.74) is -2.88. The monoisotopic (exact) mass is 310 g/mol. The fraction of sp³-hybridized carbons (Fsp3) is 0.882. The Labute approximate surface area is 131 Å². The van der Waals surface area contributed by atoms with E-state index in [0.717, 1.165) is 6.42 Å². The summed E-state index contributed by atoms with van der Waals surface area (Å²) in [6, 6.07) is 0. The molecule has 1 unspecified atom stereocenters. The quantitative estimate of drug-likeness (QED) is 0.445. The van der Waals surface area contributed by atoms with Gasteiger partial charge in [-0.15, -0.1) is 0 Å². The summed E-state index contributed by atoms with van der Waals surface area (Å²) >= 11 is 0. The number of hydrogen-bond acceptors (Lipinski definition) is 5. The number of ether oxygens (including phenoxy) is 3. The Morgan fingerprint density at radius 2 is 1.95 bits per heavy atom. The zero-order valence-electron chi connectivity index (χ0n) is 14.2. The van der Waals surface area contributed by atoms with Crippen molar-refractivity contribution in [3.8, 4) is 0 Å². The summed E-state index contributed by atoms with van der Waals surface area (Å²) in [4.78, 5) is 26.1. The van der Waals surface area contributed by atoms with Gasteiger partial charge in [0.05, 0.1) is 24.9 Å². The molecule has 0 N–H and O–H groups in total. The minimum Gasteiger partial charge on any atom is -0.465 e. The summed E-state index contributed by atoms with van der Waals surface area (Å²) in [5.74, 6) is -0.553. The molecular formula is C17H26O5. The van der Waals surface area contributed by atoms with Crippen LogP contribution >= 0.6 is 0 Å². The van der Waals surface area contributed by atoms with E-state index in [1.165, 1.54) is 0 Å². The third-order valence-corrected chi connectivity index (χ3v) is 5.76. The van der Waals surface area contributed by atoms with Crippen LogP contribution < -0.4 is 0 Å². The van der Waals surface area contributed by atoms with E-state index in [0.29, 0.717) is 13.0 Å². The van der Waals surface area contributed by atoms with Crippen LogP contribution in [0.4, 0.5) is 0 Å². The van der Waals surface area contributed by atoms with Crippen molar-refractivity contribution in [3.05, 3.63) is 0 Å². The molecule has 0 aromatic carbocycles. The third kappa shape index (κ3) is 1.78. The molecule has 5 nitrogen and oxygen atoms in total. The Bertz CT molecular complexity index is 517. The highest BCUT2D eigenvalue weighted by atomic mass is 16.6. The van der Waals surface area contributed by atoms with E-state index in [9.17, 15) is 9.59 Å². The fourth-order valence-electron chi connectivity index (χ4n) is 4.55. The highest BCUT2D eigenvalue weighted by molar-refractivity contribution is 6.07. The molecule has 5 heteroatoms. The number of carbonyl (C=O) groups is 2. The molecule has 0 bridgehead atoms. The van der Waals surface area contributed by atoms with Crippen molar-refractivity contribution in [2.45, 2.75) is 71.2 Å². The van der Waals surface area contributed by atoms with Crippen LogP contribution in [0, 0.1) is 10.8 Å². The number of carbonyl (C=O) groups excluding carboxylic acids is 2. The summed E-state index contributed by atoms with van der Waals surface area (Å²) < 4.78 is 17.3. The van der Waals surface area contributed by atoms with E-state index < -0.39 is 28.7 Å². The van der Waals surface area contributed by atoms with Crippen LogP contribution in [-0.4, -0.2) is 42.3 Å². The van der Waals surface area contributed by atoms with Crippen molar-refractivity contribution in [1.29, 1.82) is 0 Å². The molecular weight excluding hydrogens is 284 g/mol. The second-order valence-corrected chi connectivity index (χ2v) is 8.03. The van der Waals surface area contributed by atoms with Crippen molar-refractivity contribution < 1.29 is 23.8 Å². The normalized spacial score (nSPS) is 41.9. The second kappa shape index (κ2) is 4.54. The topological polar surface area (TPSA) is 65.1 Å². The molecule has 2 saturated heterocycles. The molecule has 0 aromatic heterocycles. The summed E-state index contributed by atoms with van der Waals surface area (Å²) in [5, 5.41) is 0. The van der Waals surface area contributed by atoms with Gasteiger partial charge in [-0.25, -0.2) is 0 Å². The minimum absolute atomic E-state index is 0.0857. The van der Waals surface area contributed by atoms with E-state index >= 15 is 0 Å². The molecule has 3 rings (SSSR count). The molecule has 22 heavy (non-hydrogen) atoms. The van der Waals surface area contributed by atoms with Crippen LogP contribution in [0.15, 0.2) is 0 Å². The molecule has 3 fully saturated rings. The smallest absolute Gasteiger partial charge is 0.325 e. The zero-order valence-corrected chi connectivity index (χ0v) is 14.2. The van der Waals surface area contributed by atoms with Gasteiger partial charge in [0, 0.05) is 6.42 Å². The number of fused-ring (bicyclic) bond motifs is 2. The van der Waals surface area contributed by atoms with E-state index in [4.69, 9.17) is 14.2 Å². The molecule has 1 saturated carbocycles. The predicted octanol–water partition coefficient (Wildman–Crippen LogP) is 2.26. The minimum atomic E-state index is -1.31. The van der Waals surface area contributed by atoms with Gasteiger partial charge in [-0.1, -0.05) is 13.8 Å². The number of esters is 1. The molecule has 1 aliphatic carbocycles. The van der Waals surface area contributed by atoms with Gasteiger partial charge in [0.1, 0.15) is 5.60 Å². The lowest BCUT2D eigenvalue weighted by Gasteiger charge is -2.56. The number of ketones is 1. The maximum Gasteiger partial charge on any atom is 0.325 e. The van der Waals surface area contributed by atoms with Gasteiger partial charge in [0.25, 0.3) is 0 Å². The van der Waals surface area contributed by atoms with Crippen LogP contribution in [0.5, 0.6) is 0 Å². The van der Waals surface area contributed by atoms with Crippen molar-refractivity contribution in [2.24, 2.45) is 10.8 Å². The zero-order chi connectivity index (χ0) is 16.4. The van der Waals surface area contributed by atoms with Gasteiger partial charge in [-0.05, 0) is 39.0 Å². The van der Waals surface area contributed by atoms with Crippen molar-refractivity contribution in [3.63, 3.8) is 0 Å². The Balaban J connectivity index is 2.14. The summed E-state index contributed by atoms with van der Waals surface area (Å²) in [6.45, 7) is 10.4. The van der Waals surface area contributed by atoms with E-state index in [-0.39, 0.29) is 24.2 Å². The molecule has 124 valence electrons. The first-order valence-corrected chi connectivity index (χ1v) is 8.15. The lowest BCUT2D eigenvalue weighted by molar-refractivity contribution is -0.229. The first kappa shape index (κ1) is 15.9. The average molecular weight is 310 g/mol. The van der Waals surface area contributed by atoms with Crippen LogP contribution in [0.3, 0.4) is 0 Å². The molecule has 2 heterocycles. The Morgan fingerprint density at radius 1 is 1.32 bits per heavy atom. The van der Waals surface area contributed by atoms with Gasteiger partial charge >= 0.3 is 5.97 Å². The first-order chi connectivity index (χ1) is 10.1. The van der Waals surface area contributed by atoms with Gasteiger partial charge in [0.2, 0.25) is 0 Å². The summed E-state index contributed by atoms with van der Waals surface area (Å²) in [6.07, 6.45) is 1.29. The molecule has 2 aliphatic heterocycles. The lowest BCUT2D eigenvalue weighted by atomic mass is 9.50. The molecule has 0 radical (unpaired) electrons. The third-order valence-electron chi connectivity index (χ3n) is 5.76. The maximum atomic E-state index is 13.2. The van der Waals surface area contributed by atoms with Crippen LogP contribution in [0.1, 0.15) is 53.9 Å². The molecule has 1 spiro atoms. The van der Waals surface area contributed by atoms with Crippen molar-refractivity contribution >= 4 is 11.8 Å². The van der Waals surface area contributed by atoms with Gasteiger partial charge in [-0.2, -0.15) is 0 Å². The van der Waals surface area contributed by atoms with Crippen molar-refractivity contribution in [2.75, 3.05) is 13.2 Å². The summed E-state index contributed by atoms with van der Waals surface area (Å²) in [7, 11) is 0. The van der Waals surface area contributed by atoms with Gasteiger partial charge in [-0.3, -0.25) is 9.59 Å². The molecule has 0 amide bonds. The second-order valence-electron chi connectivity index (χ2n) is 8.03. The number of rotatable bonds is 2. The maximum absolute atomic E-state index is 13.2.